The molecule has 0 aromatic carbocycles. The lowest BCUT2D eigenvalue weighted by Crippen LogP contribution is -2.23. The number of likely N-dealkylation sites (N-methyl/N-ethyl adjacent to an activating group) is 1. The second kappa shape index (κ2) is 6.06. The predicted octanol–water partition coefficient (Wildman–Crippen LogP) is 0.235. The Balaban J connectivity index is 2.30. The van der Waals surface area contributed by atoms with E-state index in [-0.39, 0.29) is 6.04 Å². The smallest absolute Gasteiger partial charge is 0.161 e. The highest BCUT2D eigenvalue weighted by molar-refractivity contribution is 5.34. The average Bonchev–Trinajstić information content (AvgIpc) is 3.01. The van der Waals surface area contributed by atoms with Crippen LogP contribution in [0.4, 0.5) is 0 Å². The van der Waals surface area contributed by atoms with Gasteiger partial charge in [-0.1, -0.05) is 0 Å². The molecule has 7 nitrogen and oxygen atoms in total. The number of aromatic nitrogens is 4. The molecule has 2 N–H and O–H groups in total. The Bertz CT molecular complexity index is 559. The molecule has 0 aliphatic heterocycles. The van der Waals surface area contributed by atoms with Gasteiger partial charge in [0.05, 0.1) is 32.1 Å². The fourth-order valence-electron chi connectivity index (χ4n) is 2.08. The van der Waals surface area contributed by atoms with E-state index in [0.29, 0.717) is 5.75 Å². The molecule has 1 atom stereocenters. The van der Waals surface area contributed by atoms with Crippen molar-refractivity contribution < 1.29 is 4.74 Å². The van der Waals surface area contributed by atoms with Crippen molar-refractivity contribution in [3.8, 4) is 5.75 Å². The van der Waals surface area contributed by atoms with Gasteiger partial charge < -0.3 is 15.4 Å². The minimum Gasteiger partial charge on any atom is -0.493 e. The third-order valence-electron chi connectivity index (χ3n) is 3.20. The maximum atomic E-state index is 6.35. The summed E-state index contributed by atoms with van der Waals surface area (Å²) in [6.45, 7) is 1.65. The summed E-state index contributed by atoms with van der Waals surface area (Å²) in [7, 11) is 7.56. The topological polar surface area (TPSA) is 74.1 Å². The van der Waals surface area contributed by atoms with Crippen molar-refractivity contribution in [2.45, 2.75) is 12.6 Å². The average molecular weight is 278 g/mol. The molecule has 7 heteroatoms. The van der Waals surface area contributed by atoms with Gasteiger partial charge in [-0.25, -0.2) is 0 Å². The minimum atomic E-state index is -0.302. The molecule has 0 fully saturated rings. The van der Waals surface area contributed by atoms with Gasteiger partial charge in [0.1, 0.15) is 5.69 Å². The van der Waals surface area contributed by atoms with Crippen molar-refractivity contribution in [3.05, 3.63) is 29.8 Å². The Labute approximate surface area is 118 Å². The molecule has 0 radical (unpaired) electrons. The molecular weight excluding hydrogens is 256 g/mol. The molecule has 0 aliphatic rings. The molecule has 0 bridgehead atoms. The fourth-order valence-corrected chi connectivity index (χ4v) is 2.08. The van der Waals surface area contributed by atoms with Crippen LogP contribution in [0.1, 0.15) is 17.3 Å². The molecule has 2 rings (SSSR count). The monoisotopic (exact) mass is 278 g/mol. The molecule has 0 saturated carbocycles. The Morgan fingerprint density at radius 2 is 2.10 bits per heavy atom. The summed E-state index contributed by atoms with van der Waals surface area (Å²) in [4.78, 5) is 2.10. The van der Waals surface area contributed by atoms with Crippen molar-refractivity contribution in [2.24, 2.45) is 12.8 Å². The first-order valence-electron chi connectivity index (χ1n) is 6.51. The van der Waals surface area contributed by atoms with Crippen molar-refractivity contribution in [1.82, 2.24) is 24.5 Å². The lowest BCUT2D eigenvalue weighted by atomic mass is 10.1. The maximum Gasteiger partial charge on any atom is 0.161 e. The van der Waals surface area contributed by atoms with E-state index in [4.69, 9.17) is 10.5 Å². The molecule has 0 amide bonds. The Morgan fingerprint density at radius 1 is 1.35 bits per heavy atom. The second-order valence-corrected chi connectivity index (χ2v) is 5.05. The summed E-state index contributed by atoms with van der Waals surface area (Å²) in [5.41, 5.74) is 8.17. The van der Waals surface area contributed by atoms with Crippen molar-refractivity contribution in [2.75, 3.05) is 27.7 Å². The summed E-state index contributed by atoms with van der Waals surface area (Å²) in [6.07, 6.45) is 5.39. The Kier molecular flexibility index (Phi) is 4.41. The zero-order chi connectivity index (χ0) is 14.7. The first kappa shape index (κ1) is 14.5. The van der Waals surface area contributed by atoms with Crippen LogP contribution in [0.5, 0.6) is 5.75 Å². The van der Waals surface area contributed by atoms with Gasteiger partial charge in [0.25, 0.3) is 0 Å². The maximum absolute atomic E-state index is 6.35. The summed E-state index contributed by atoms with van der Waals surface area (Å²) in [6, 6.07) is -0.302. The number of hydrogen-bond donors (Lipinski definition) is 1. The number of methoxy groups -OCH3 is 1. The summed E-state index contributed by atoms with van der Waals surface area (Å²) in [5.74, 6) is 0.708. The molecule has 2 aromatic heterocycles. The molecule has 2 heterocycles. The minimum absolute atomic E-state index is 0.302. The Morgan fingerprint density at radius 3 is 2.65 bits per heavy atom. The van der Waals surface area contributed by atoms with Gasteiger partial charge in [0, 0.05) is 25.4 Å². The number of hydrogen-bond acceptors (Lipinski definition) is 5. The normalized spacial score (nSPS) is 12.9. The van der Waals surface area contributed by atoms with Gasteiger partial charge in [-0.15, -0.1) is 0 Å². The first-order valence-corrected chi connectivity index (χ1v) is 6.51. The molecule has 0 spiro atoms. The standard InChI is InChI=1S/C13H22N6O/c1-17(2)5-6-19-13(11(20-4)8-16-19)12(14)10-7-15-18(3)9-10/h7-9,12H,5-6,14H2,1-4H3. The van der Waals surface area contributed by atoms with E-state index in [1.807, 2.05) is 32.0 Å². The second-order valence-electron chi connectivity index (χ2n) is 5.05. The zero-order valence-electron chi connectivity index (χ0n) is 12.4. The van der Waals surface area contributed by atoms with Crippen LogP contribution in [0.3, 0.4) is 0 Å². The summed E-state index contributed by atoms with van der Waals surface area (Å²) >= 11 is 0. The number of nitrogens with zero attached hydrogens (tertiary/aromatic N) is 5. The number of aryl methyl sites for hydroxylation is 1. The Hall–Kier alpha value is -1.86. The molecule has 20 heavy (non-hydrogen) atoms. The highest BCUT2D eigenvalue weighted by atomic mass is 16.5. The lowest BCUT2D eigenvalue weighted by molar-refractivity contribution is 0.363. The van der Waals surface area contributed by atoms with Gasteiger partial charge in [-0.2, -0.15) is 10.2 Å². The van der Waals surface area contributed by atoms with Crippen LogP contribution in [0.2, 0.25) is 0 Å². The van der Waals surface area contributed by atoms with Crippen molar-refractivity contribution >= 4 is 0 Å². The summed E-state index contributed by atoms with van der Waals surface area (Å²) in [5, 5.41) is 8.54. The van der Waals surface area contributed by atoms with E-state index in [2.05, 4.69) is 15.1 Å². The third kappa shape index (κ3) is 3.00. The molecular formula is C13H22N6O. The van der Waals surface area contributed by atoms with Crippen LogP contribution in [0.15, 0.2) is 18.6 Å². The first-order chi connectivity index (χ1) is 9.52. The van der Waals surface area contributed by atoms with Gasteiger partial charge in [0.15, 0.2) is 5.75 Å². The van der Waals surface area contributed by atoms with Gasteiger partial charge in [0.2, 0.25) is 0 Å². The van der Waals surface area contributed by atoms with Crippen LogP contribution in [0, 0.1) is 0 Å². The number of rotatable bonds is 6. The molecule has 2 aromatic rings. The fraction of sp³-hybridized carbons (Fsp3) is 0.538. The molecule has 0 saturated heterocycles. The third-order valence-corrected chi connectivity index (χ3v) is 3.20. The summed E-state index contributed by atoms with van der Waals surface area (Å²) < 4.78 is 9.02. The van der Waals surface area contributed by atoms with Crippen LogP contribution in [-0.4, -0.2) is 52.2 Å². The highest BCUT2D eigenvalue weighted by Crippen LogP contribution is 2.27. The van der Waals surface area contributed by atoms with Gasteiger partial charge in [-0.05, 0) is 14.1 Å². The number of ether oxygens (including phenoxy) is 1. The van der Waals surface area contributed by atoms with E-state index in [1.165, 1.54) is 0 Å². The van der Waals surface area contributed by atoms with Crippen molar-refractivity contribution in [1.29, 1.82) is 0 Å². The van der Waals surface area contributed by atoms with E-state index >= 15 is 0 Å². The highest BCUT2D eigenvalue weighted by Gasteiger charge is 2.21. The predicted molar refractivity (Wildman–Crippen MR) is 76.6 cm³/mol. The molecule has 0 aliphatic carbocycles. The zero-order valence-corrected chi connectivity index (χ0v) is 12.4. The van der Waals surface area contributed by atoms with E-state index in [0.717, 1.165) is 24.3 Å². The van der Waals surface area contributed by atoms with Gasteiger partial charge in [-0.3, -0.25) is 9.36 Å². The van der Waals surface area contributed by atoms with Gasteiger partial charge >= 0.3 is 0 Å². The van der Waals surface area contributed by atoms with Crippen LogP contribution in [-0.2, 0) is 13.6 Å². The van der Waals surface area contributed by atoms with E-state index in [9.17, 15) is 0 Å². The largest absolute Gasteiger partial charge is 0.493 e. The van der Waals surface area contributed by atoms with Crippen LogP contribution >= 0.6 is 0 Å². The molecule has 110 valence electrons. The van der Waals surface area contributed by atoms with Crippen LogP contribution in [0.25, 0.3) is 0 Å². The SMILES string of the molecule is COc1cnn(CCN(C)C)c1C(N)c1cnn(C)c1. The number of nitrogens with two attached hydrogens (primary N) is 1. The quantitative estimate of drug-likeness (QED) is 0.819. The van der Waals surface area contributed by atoms with E-state index in [1.54, 1.807) is 24.2 Å². The van der Waals surface area contributed by atoms with Crippen LogP contribution < -0.4 is 10.5 Å². The lowest BCUT2D eigenvalue weighted by Gasteiger charge is -2.16. The van der Waals surface area contributed by atoms with E-state index < -0.39 is 0 Å². The molecule has 1 unspecified atom stereocenters. The van der Waals surface area contributed by atoms with Crippen molar-refractivity contribution in [3.63, 3.8) is 0 Å².